The van der Waals surface area contributed by atoms with Crippen molar-refractivity contribution < 1.29 is 27.1 Å². The Hall–Kier alpha value is -2.78. The molecule has 148 valence electrons. The second-order valence-electron chi connectivity index (χ2n) is 6.27. The fraction of sp³-hybridized carbons (Fsp3) is 0.263. The third kappa shape index (κ3) is 4.73. The molecule has 9 heteroatoms. The van der Waals surface area contributed by atoms with Gasteiger partial charge in [-0.15, -0.1) is 0 Å². The molecule has 0 unspecified atom stereocenters. The van der Waals surface area contributed by atoms with E-state index in [1.54, 1.807) is 6.07 Å². The molecule has 7 nitrogen and oxygen atoms in total. The van der Waals surface area contributed by atoms with Crippen molar-refractivity contribution in [3.63, 3.8) is 0 Å². The summed E-state index contributed by atoms with van der Waals surface area (Å²) in [5.74, 6) is -1.87. The van der Waals surface area contributed by atoms with Gasteiger partial charge in [0.1, 0.15) is 5.82 Å². The molecule has 2 aromatic carbocycles. The molecule has 1 saturated heterocycles. The van der Waals surface area contributed by atoms with Gasteiger partial charge >= 0.3 is 5.97 Å². The molecule has 1 amide bonds. The van der Waals surface area contributed by atoms with E-state index in [1.165, 1.54) is 34.6 Å². The van der Waals surface area contributed by atoms with Crippen molar-refractivity contribution in [3.05, 3.63) is 59.9 Å². The summed E-state index contributed by atoms with van der Waals surface area (Å²) < 4.78 is 44.3. The molecule has 0 aromatic heterocycles. The number of ether oxygens (including phenoxy) is 1. The van der Waals surface area contributed by atoms with E-state index in [9.17, 15) is 22.4 Å². The molecular formula is C19H19FN2O5S. The molecule has 3 rings (SSSR count). The number of nitrogens with zero attached hydrogens (tertiary/aromatic N) is 1. The van der Waals surface area contributed by atoms with E-state index >= 15 is 0 Å². The number of esters is 1. The van der Waals surface area contributed by atoms with E-state index in [-0.39, 0.29) is 16.1 Å². The first-order chi connectivity index (χ1) is 13.4. The number of hydrogen-bond donors (Lipinski definition) is 1. The highest BCUT2D eigenvalue weighted by Gasteiger charge is 2.27. The van der Waals surface area contributed by atoms with Crippen molar-refractivity contribution in [1.29, 1.82) is 0 Å². The molecule has 1 N–H and O–H groups in total. The minimum absolute atomic E-state index is 0.0931. The summed E-state index contributed by atoms with van der Waals surface area (Å²) in [6.45, 7) is 0.413. The Labute approximate surface area is 162 Å². The third-order valence-electron chi connectivity index (χ3n) is 4.23. The van der Waals surface area contributed by atoms with Gasteiger partial charge in [-0.2, -0.15) is 4.31 Å². The summed E-state index contributed by atoms with van der Waals surface area (Å²) in [5.41, 5.74) is 0.399. The maximum absolute atomic E-state index is 12.9. The monoisotopic (exact) mass is 406 g/mol. The van der Waals surface area contributed by atoms with Gasteiger partial charge in [0.15, 0.2) is 6.61 Å². The second-order valence-corrected chi connectivity index (χ2v) is 8.21. The Bertz CT molecular complexity index is 970. The Morgan fingerprint density at radius 2 is 1.75 bits per heavy atom. The predicted molar refractivity (Wildman–Crippen MR) is 99.7 cm³/mol. The maximum Gasteiger partial charge on any atom is 0.338 e. The van der Waals surface area contributed by atoms with Gasteiger partial charge < -0.3 is 10.1 Å². The van der Waals surface area contributed by atoms with Crippen LogP contribution in [-0.4, -0.2) is 44.3 Å². The summed E-state index contributed by atoms with van der Waals surface area (Å²) in [5, 5.41) is 2.50. The van der Waals surface area contributed by atoms with Gasteiger partial charge in [0.05, 0.1) is 10.5 Å². The van der Waals surface area contributed by atoms with Crippen molar-refractivity contribution in [2.75, 3.05) is 25.0 Å². The summed E-state index contributed by atoms with van der Waals surface area (Å²) in [6, 6.07) is 10.6. The molecule has 0 radical (unpaired) electrons. The molecular weight excluding hydrogens is 387 g/mol. The van der Waals surface area contributed by atoms with Crippen LogP contribution in [-0.2, 0) is 19.6 Å². The van der Waals surface area contributed by atoms with Gasteiger partial charge in [0, 0.05) is 18.8 Å². The van der Waals surface area contributed by atoms with E-state index in [2.05, 4.69) is 5.32 Å². The molecule has 0 bridgehead atoms. The first kappa shape index (κ1) is 20.0. The Morgan fingerprint density at radius 3 is 2.43 bits per heavy atom. The number of rotatable bonds is 6. The largest absolute Gasteiger partial charge is 0.452 e. The molecule has 1 heterocycles. The van der Waals surface area contributed by atoms with Crippen LogP contribution in [0, 0.1) is 5.82 Å². The fourth-order valence-electron chi connectivity index (χ4n) is 2.81. The Morgan fingerprint density at radius 1 is 1.07 bits per heavy atom. The molecule has 28 heavy (non-hydrogen) atoms. The average Bonchev–Trinajstić information content (AvgIpc) is 3.22. The van der Waals surface area contributed by atoms with Crippen molar-refractivity contribution >= 4 is 27.6 Å². The first-order valence-electron chi connectivity index (χ1n) is 8.69. The smallest absolute Gasteiger partial charge is 0.338 e. The van der Waals surface area contributed by atoms with Crippen LogP contribution < -0.4 is 5.32 Å². The zero-order chi connectivity index (χ0) is 20.1. The molecule has 0 saturated carbocycles. The zero-order valence-corrected chi connectivity index (χ0v) is 15.7. The summed E-state index contributed by atoms with van der Waals surface area (Å²) in [6.07, 6.45) is 1.66. The van der Waals surface area contributed by atoms with Crippen LogP contribution in [0.5, 0.6) is 0 Å². The van der Waals surface area contributed by atoms with Gasteiger partial charge in [-0.3, -0.25) is 4.79 Å². The van der Waals surface area contributed by atoms with E-state index in [0.717, 1.165) is 25.0 Å². The highest BCUT2D eigenvalue weighted by Crippen LogP contribution is 2.23. The van der Waals surface area contributed by atoms with Crippen molar-refractivity contribution in [2.24, 2.45) is 0 Å². The molecule has 1 aliphatic heterocycles. The summed E-state index contributed by atoms with van der Waals surface area (Å²) in [7, 11) is -3.60. The van der Waals surface area contributed by atoms with Crippen LogP contribution in [0.2, 0.25) is 0 Å². The lowest BCUT2D eigenvalue weighted by molar-refractivity contribution is -0.119. The van der Waals surface area contributed by atoms with Crippen molar-refractivity contribution in [3.8, 4) is 0 Å². The van der Waals surface area contributed by atoms with Crippen LogP contribution >= 0.6 is 0 Å². The number of amides is 1. The Balaban J connectivity index is 1.60. The van der Waals surface area contributed by atoms with E-state index in [1.807, 2.05) is 0 Å². The number of nitrogens with one attached hydrogen (secondary N) is 1. The topological polar surface area (TPSA) is 92.8 Å². The normalized spacial score (nSPS) is 14.6. The zero-order valence-electron chi connectivity index (χ0n) is 14.9. The molecule has 1 fully saturated rings. The first-order valence-corrected chi connectivity index (χ1v) is 10.1. The minimum atomic E-state index is -3.60. The number of carbonyl (C=O) groups excluding carboxylic acids is 2. The predicted octanol–water partition coefficient (Wildman–Crippen LogP) is 2.41. The molecule has 2 aromatic rings. The van der Waals surface area contributed by atoms with Gasteiger partial charge in [-0.1, -0.05) is 6.07 Å². The SMILES string of the molecule is O=C(COC(=O)c1ccc(F)cc1)Nc1cccc(S(=O)(=O)N2CCCC2)c1. The van der Waals surface area contributed by atoms with Crippen molar-refractivity contribution in [2.45, 2.75) is 17.7 Å². The molecule has 0 spiro atoms. The number of benzene rings is 2. The number of anilines is 1. The number of hydrogen-bond acceptors (Lipinski definition) is 5. The van der Waals surface area contributed by atoms with Crippen LogP contribution in [0.1, 0.15) is 23.2 Å². The van der Waals surface area contributed by atoms with Crippen LogP contribution in [0.3, 0.4) is 0 Å². The van der Waals surface area contributed by atoms with Gasteiger partial charge in [0.25, 0.3) is 5.91 Å². The van der Waals surface area contributed by atoms with Gasteiger partial charge in [-0.25, -0.2) is 17.6 Å². The van der Waals surface area contributed by atoms with Crippen molar-refractivity contribution in [1.82, 2.24) is 4.31 Å². The standard InChI is InChI=1S/C19H19FN2O5S/c20-15-8-6-14(7-9-15)19(24)27-13-18(23)21-16-4-3-5-17(12-16)28(25,26)22-10-1-2-11-22/h3-9,12H,1-2,10-11,13H2,(H,21,23). The van der Waals surface area contributed by atoms with Crippen LogP contribution in [0.4, 0.5) is 10.1 Å². The number of carbonyl (C=O) groups is 2. The highest BCUT2D eigenvalue weighted by atomic mass is 32.2. The quantitative estimate of drug-likeness (QED) is 0.744. The Kier molecular flexibility index (Phi) is 6.05. The van der Waals surface area contributed by atoms with Crippen LogP contribution in [0.25, 0.3) is 0 Å². The van der Waals surface area contributed by atoms with E-state index in [4.69, 9.17) is 4.74 Å². The van der Waals surface area contributed by atoms with Gasteiger partial charge in [-0.05, 0) is 55.3 Å². The second kappa shape index (κ2) is 8.49. The lowest BCUT2D eigenvalue weighted by Crippen LogP contribution is -2.28. The number of halogens is 1. The van der Waals surface area contributed by atoms with Gasteiger partial charge in [0.2, 0.25) is 10.0 Å². The van der Waals surface area contributed by atoms with E-state index in [0.29, 0.717) is 13.1 Å². The highest BCUT2D eigenvalue weighted by molar-refractivity contribution is 7.89. The minimum Gasteiger partial charge on any atom is -0.452 e. The molecule has 0 atom stereocenters. The third-order valence-corrected chi connectivity index (χ3v) is 6.13. The lowest BCUT2D eigenvalue weighted by Gasteiger charge is -2.16. The summed E-state index contributed by atoms with van der Waals surface area (Å²) >= 11 is 0. The molecule has 0 aliphatic carbocycles. The van der Waals surface area contributed by atoms with E-state index < -0.39 is 34.3 Å². The fourth-order valence-corrected chi connectivity index (χ4v) is 4.37. The summed E-state index contributed by atoms with van der Waals surface area (Å²) in [4.78, 5) is 23.9. The maximum atomic E-state index is 12.9. The lowest BCUT2D eigenvalue weighted by atomic mass is 10.2. The average molecular weight is 406 g/mol. The number of sulfonamides is 1. The molecule has 1 aliphatic rings. The van der Waals surface area contributed by atoms with Crippen LogP contribution in [0.15, 0.2) is 53.4 Å².